The zero-order chi connectivity index (χ0) is 11.6. The lowest BCUT2D eigenvalue weighted by molar-refractivity contribution is 0.595. The largest absolute Gasteiger partial charge is 0.399 e. The Morgan fingerprint density at radius 2 is 1.73 bits per heavy atom. The van der Waals surface area contributed by atoms with Crippen LogP contribution in [0.4, 0.5) is 5.69 Å². The quantitative estimate of drug-likeness (QED) is 0.857. The maximum Gasteiger partial charge on any atom is 0.181 e. The molecule has 0 fully saturated rings. The summed E-state index contributed by atoms with van der Waals surface area (Å²) in [5.74, 6) is 0.0242. The van der Waals surface area contributed by atoms with E-state index in [4.69, 9.17) is 28.9 Å². The molecule has 3 nitrogen and oxygen atoms in total. The number of halogens is 2. The van der Waals surface area contributed by atoms with Crippen LogP contribution in [-0.2, 0) is 9.84 Å². The molecule has 0 aliphatic heterocycles. The van der Waals surface area contributed by atoms with Gasteiger partial charge < -0.3 is 5.73 Å². The fraction of sp³-hybridized carbons (Fsp3) is 0.333. The van der Waals surface area contributed by atoms with E-state index in [0.29, 0.717) is 12.1 Å². The van der Waals surface area contributed by atoms with Crippen molar-refractivity contribution in [1.29, 1.82) is 0 Å². The molecular weight excluding hydrogens is 257 g/mol. The van der Waals surface area contributed by atoms with Crippen LogP contribution in [0.25, 0.3) is 0 Å². The van der Waals surface area contributed by atoms with E-state index >= 15 is 0 Å². The molecule has 0 saturated carbocycles. The van der Waals surface area contributed by atoms with Crippen molar-refractivity contribution >= 4 is 38.7 Å². The monoisotopic (exact) mass is 267 g/mol. The molecule has 1 aromatic rings. The molecule has 0 unspecified atom stereocenters. The molecule has 84 valence electrons. The van der Waals surface area contributed by atoms with Crippen LogP contribution in [0.15, 0.2) is 17.0 Å². The third kappa shape index (κ3) is 2.77. The van der Waals surface area contributed by atoms with E-state index < -0.39 is 9.84 Å². The molecule has 0 saturated heterocycles. The van der Waals surface area contributed by atoms with Crippen LogP contribution in [0.2, 0.25) is 10.0 Å². The number of nitrogens with two attached hydrogens (primary N) is 1. The fourth-order valence-electron chi connectivity index (χ4n) is 1.25. The highest BCUT2D eigenvalue weighted by Gasteiger charge is 2.21. The molecule has 1 aromatic carbocycles. The van der Waals surface area contributed by atoms with E-state index in [2.05, 4.69) is 0 Å². The normalized spacial score (nSPS) is 11.7. The Hall–Kier alpha value is -0.450. The van der Waals surface area contributed by atoms with Crippen LogP contribution in [-0.4, -0.2) is 14.2 Å². The number of anilines is 1. The van der Waals surface area contributed by atoms with Gasteiger partial charge in [-0.1, -0.05) is 30.1 Å². The van der Waals surface area contributed by atoms with Crippen molar-refractivity contribution in [3.05, 3.63) is 22.2 Å². The minimum atomic E-state index is -3.41. The summed E-state index contributed by atoms with van der Waals surface area (Å²) in [5, 5.41) is 0.155. The molecule has 0 atom stereocenters. The van der Waals surface area contributed by atoms with E-state index in [1.54, 1.807) is 6.92 Å². The highest BCUT2D eigenvalue weighted by Crippen LogP contribution is 2.32. The zero-order valence-electron chi connectivity index (χ0n) is 8.13. The number of benzene rings is 1. The summed E-state index contributed by atoms with van der Waals surface area (Å²) in [4.78, 5) is -0.0260. The number of nitrogen functional groups attached to an aromatic ring is 1. The zero-order valence-corrected chi connectivity index (χ0v) is 10.5. The summed E-state index contributed by atoms with van der Waals surface area (Å²) >= 11 is 11.6. The molecule has 0 aliphatic carbocycles. The van der Waals surface area contributed by atoms with Gasteiger partial charge in [0.1, 0.15) is 4.90 Å². The Kier molecular flexibility index (Phi) is 3.87. The van der Waals surface area contributed by atoms with Gasteiger partial charge in [-0.05, 0) is 18.6 Å². The molecule has 0 radical (unpaired) electrons. The van der Waals surface area contributed by atoms with Crippen LogP contribution in [0, 0.1) is 0 Å². The molecule has 0 aliphatic rings. The molecule has 1 rings (SSSR count). The summed E-state index contributed by atoms with van der Waals surface area (Å²) < 4.78 is 23.6. The predicted octanol–water partition coefficient (Wildman–Crippen LogP) is 2.76. The van der Waals surface area contributed by atoms with E-state index in [1.807, 2.05) is 0 Å². The predicted molar refractivity (Wildman–Crippen MR) is 63.2 cm³/mol. The highest BCUT2D eigenvalue weighted by atomic mass is 35.5. The smallest absolute Gasteiger partial charge is 0.181 e. The van der Waals surface area contributed by atoms with Crippen LogP contribution in [0.1, 0.15) is 13.3 Å². The first kappa shape index (κ1) is 12.6. The van der Waals surface area contributed by atoms with Gasteiger partial charge in [0.25, 0.3) is 0 Å². The van der Waals surface area contributed by atoms with Crippen molar-refractivity contribution in [3.8, 4) is 0 Å². The van der Waals surface area contributed by atoms with Gasteiger partial charge >= 0.3 is 0 Å². The van der Waals surface area contributed by atoms with Gasteiger partial charge in [0.05, 0.1) is 15.8 Å². The first-order valence-electron chi connectivity index (χ1n) is 4.35. The average Bonchev–Trinajstić information content (AvgIpc) is 1.99. The lowest BCUT2D eigenvalue weighted by Crippen LogP contribution is -2.07. The Balaban J connectivity index is 3.38. The number of rotatable bonds is 3. The van der Waals surface area contributed by atoms with Crippen molar-refractivity contribution in [2.45, 2.75) is 18.2 Å². The Morgan fingerprint density at radius 3 is 2.13 bits per heavy atom. The van der Waals surface area contributed by atoms with E-state index in [-0.39, 0.29) is 20.7 Å². The number of hydrogen-bond donors (Lipinski definition) is 1. The summed E-state index contributed by atoms with van der Waals surface area (Å²) in [6.07, 6.45) is 0.513. The Morgan fingerprint density at radius 1 is 1.27 bits per heavy atom. The van der Waals surface area contributed by atoms with Gasteiger partial charge in [-0.25, -0.2) is 8.42 Å². The van der Waals surface area contributed by atoms with Gasteiger partial charge in [-0.3, -0.25) is 0 Å². The van der Waals surface area contributed by atoms with Crippen molar-refractivity contribution in [1.82, 2.24) is 0 Å². The van der Waals surface area contributed by atoms with Crippen molar-refractivity contribution in [2.75, 3.05) is 11.5 Å². The third-order valence-corrected chi connectivity index (χ3v) is 4.63. The van der Waals surface area contributed by atoms with E-state index in [1.165, 1.54) is 12.1 Å². The van der Waals surface area contributed by atoms with Gasteiger partial charge in [0, 0.05) is 5.69 Å². The molecule has 6 heteroatoms. The van der Waals surface area contributed by atoms with Crippen LogP contribution < -0.4 is 5.73 Å². The van der Waals surface area contributed by atoms with E-state index in [9.17, 15) is 8.42 Å². The maximum absolute atomic E-state index is 11.8. The highest BCUT2D eigenvalue weighted by molar-refractivity contribution is 7.91. The van der Waals surface area contributed by atoms with Gasteiger partial charge in [0.2, 0.25) is 0 Å². The second-order valence-electron chi connectivity index (χ2n) is 3.13. The molecular formula is C9H11Cl2NO2S. The molecule has 15 heavy (non-hydrogen) atoms. The van der Waals surface area contributed by atoms with Crippen molar-refractivity contribution in [2.24, 2.45) is 0 Å². The van der Waals surface area contributed by atoms with Crippen LogP contribution in [0.3, 0.4) is 0 Å². The SMILES string of the molecule is CCCS(=O)(=O)c1c(Cl)cc(N)cc1Cl. The standard InChI is InChI=1S/C9H11Cl2NO2S/c1-2-3-15(13,14)9-7(10)4-6(12)5-8(9)11/h4-5H,2-3,12H2,1H3. The second kappa shape index (κ2) is 4.60. The summed E-state index contributed by atoms with van der Waals surface area (Å²) in [7, 11) is -3.41. The number of hydrogen-bond acceptors (Lipinski definition) is 3. The Labute approximate surface area is 99.1 Å². The lowest BCUT2D eigenvalue weighted by Gasteiger charge is -2.08. The van der Waals surface area contributed by atoms with Gasteiger partial charge in [-0.15, -0.1) is 0 Å². The lowest BCUT2D eigenvalue weighted by atomic mass is 10.3. The van der Waals surface area contributed by atoms with Gasteiger partial charge in [-0.2, -0.15) is 0 Å². The average molecular weight is 268 g/mol. The second-order valence-corrected chi connectivity index (χ2v) is 5.99. The van der Waals surface area contributed by atoms with Crippen LogP contribution in [0.5, 0.6) is 0 Å². The maximum atomic E-state index is 11.8. The third-order valence-electron chi connectivity index (χ3n) is 1.80. The van der Waals surface area contributed by atoms with Crippen LogP contribution >= 0.6 is 23.2 Å². The summed E-state index contributed by atoms with van der Waals surface area (Å²) in [6, 6.07) is 2.77. The molecule has 0 amide bonds. The first-order chi connectivity index (χ1) is 6.88. The molecule has 0 heterocycles. The Bertz CT molecular complexity index is 448. The molecule has 0 bridgehead atoms. The number of sulfone groups is 1. The fourth-order valence-corrected chi connectivity index (χ4v) is 3.91. The van der Waals surface area contributed by atoms with Gasteiger partial charge in [0.15, 0.2) is 9.84 Å². The molecule has 0 aromatic heterocycles. The molecule has 0 spiro atoms. The van der Waals surface area contributed by atoms with Crippen molar-refractivity contribution in [3.63, 3.8) is 0 Å². The minimum Gasteiger partial charge on any atom is -0.399 e. The summed E-state index contributed by atoms with van der Waals surface area (Å²) in [6.45, 7) is 1.77. The summed E-state index contributed by atoms with van der Waals surface area (Å²) in [5.41, 5.74) is 5.83. The minimum absolute atomic E-state index is 0.0242. The molecule has 2 N–H and O–H groups in total. The van der Waals surface area contributed by atoms with Crippen molar-refractivity contribution < 1.29 is 8.42 Å². The first-order valence-corrected chi connectivity index (χ1v) is 6.76. The van der Waals surface area contributed by atoms with E-state index in [0.717, 1.165) is 0 Å². The topological polar surface area (TPSA) is 60.2 Å².